The number of ether oxygens (including phenoxy) is 3. The van der Waals surface area contributed by atoms with Crippen molar-refractivity contribution in [2.75, 3.05) is 6.61 Å². The summed E-state index contributed by atoms with van der Waals surface area (Å²) in [5, 5.41) is 0. The molecule has 4 heteroatoms. The Morgan fingerprint density at radius 2 is 0.930 bits per heavy atom. The highest BCUT2D eigenvalue weighted by atomic mass is 16.5. The quantitative estimate of drug-likeness (QED) is 0.100. The molecule has 3 atom stereocenters. The minimum Gasteiger partial charge on any atom is -0.375 e. The summed E-state index contributed by atoms with van der Waals surface area (Å²) >= 11 is 0. The molecule has 0 radical (unpaired) electrons. The molecular weight excluding hydrogens is 530 g/mol. The summed E-state index contributed by atoms with van der Waals surface area (Å²) in [6.45, 7) is 4.28. The van der Waals surface area contributed by atoms with Gasteiger partial charge in [-0.3, -0.25) is 0 Å². The summed E-state index contributed by atoms with van der Waals surface area (Å²) in [5.74, 6) is 0. The molecule has 43 heavy (non-hydrogen) atoms. The normalized spacial score (nSPS) is 13.5. The van der Waals surface area contributed by atoms with E-state index in [0.29, 0.717) is 26.4 Å². The van der Waals surface area contributed by atoms with E-state index in [1.54, 1.807) is 0 Å². The third-order valence-corrected chi connectivity index (χ3v) is 8.14. The summed E-state index contributed by atoms with van der Waals surface area (Å²) < 4.78 is 19.3. The van der Waals surface area contributed by atoms with E-state index in [1.807, 2.05) is 42.5 Å². The van der Waals surface area contributed by atoms with Crippen molar-refractivity contribution in [3.05, 3.63) is 108 Å². The second-order valence-electron chi connectivity index (χ2n) is 11.9. The molecule has 236 valence electrons. The zero-order valence-corrected chi connectivity index (χ0v) is 26.7. The topological polar surface area (TPSA) is 53.7 Å². The first kappa shape index (κ1) is 35.0. The largest absolute Gasteiger partial charge is 0.375 e. The van der Waals surface area contributed by atoms with E-state index in [2.05, 4.69) is 55.5 Å². The van der Waals surface area contributed by atoms with Crippen LogP contribution in [0.15, 0.2) is 91.0 Å². The summed E-state index contributed by atoms with van der Waals surface area (Å²) in [4.78, 5) is 0. The van der Waals surface area contributed by atoms with Gasteiger partial charge >= 0.3 is 0 Å². The van der Waals surface area contributed by atoms with Crippen molar-refractivity contribution in [2.45, 2.75) is 128 Å². The lowest BCUT2D eigenvalue weighted by atomic mass is 9.99. The Morgan fingerprint density at radius 3 is 1.42 bits per heavy atom. The first-order chi connectivity index (χ1) is 21.3. The zero-order valence-electron chi connectivity index (χ0n) is 26.7. The summed E-state index contributed by atoms with van der Waals surface area (Å²) in [5.41, 5.74) is 10.3. The molecule has 0 saturated carbocycles. The van der Waals surface area contributed by atoms with Crippen LogP contribution in [-0.2, 0) is 34.0 Å². The molecule has 0 aliphatic rings. The summed E-state index contributed by atoms with van der Waals surface area (Å²) in [6, 6.07) is 30.7. The van der Waals surface area contributed by atoms with E-state index in [0.717, 1.165) is 29.5 Å². The van der Waals surface area contributed by atoms with E-state index >= 15 is 0 Å². The molecular formula is C39H57NO3. The molecule has 0 amide bonds. The Bertz CT molecular complexity index is 1030. The van der Waals surface area contributed by atoms with Crippen LogP contribution < -0.4 is 5.73 Å². The van der Waals surface area contributed by atoms with E-state index in [-0.39, 0.29) is 18.2 Å². The SMILES string of the molecule is CCCCCCCCCCCCCC[C@@H](OCc1ccccc1)[C@@H](OCc1ccccc1)[C@@H](N)COCc1ccccc1. The lowest BCUT2D eigenvalue weighted by Crippen LogP contribution is -2.48. The molecule has 4 nitrogen and oxygen atoms in total. The predicted octanol–water partition coefficient (Wildman–Crippen LogP) is 9.79. The van der Waals surface area contributed by atoms with Gasteiger partial charge in [0.1, 0.15) is 6.10 Å². The van der Waals surface area contributed by atoms with Gasteiger partial charge in [-0.15, -0.1) is 0 Å². The van der Waals surface area contributed by atoms with Gasteiger partial charge in [0, 0.05) is 0 Å². The minimum atomic E-state index is -0.300. The Labute approximate surface area is 262 Å². The van der Waals surface area contributed by atoms with Crippen molar-refractivity contribution in [1.29, 1.82) is 0 Å². The fourth-order valence-electron chi connectivity index (χ4n) is 5.56. The lowest BCUT2D eigenvalue weighted by molar-refractivity contribution is -0.108. The Kier molecular flexibility index (Phi) is 18.7. The van der Waals surface area contributed by atoms with Crippen LogP contribution in [0, 0.1) is 0 Å². The lowest BCUT2D eigenvalue weighted by Gasteiger charge is -2.32. The fourth-order valence-corrected chi connectivity index (χ4v) is 5.56. The Morgan fingerprint density at radius 1 is 0.512 bits per heavy atom. The number of hydrogen-bond acceptors (Lipinski definition) is 4. The van der Waals surface area contributed by atoms with Crippen molar-refractivity contribution in [1.82, 2.24) is 0 Å². The number of hydrogen-bond donors (Lipinski definition) is 1. The number of nitrogens with two attached hydrogens (primary N) is 1. The minimum absolute atomic E-state index is 0.109. The summed E-state index contributed by atoms with van der Waals surface area (Å²) in [6.07, 6.45) is 16.5. The fraction of sp³-hybridized carbons (Fsp3) is 0.538. The van der Waals surface area contributed by atoms with Crippen LogP contribution in [0.1, 0.15) is 107 Å². The maximum absolute atomic E-state index is 6.82. The Hall–Kier alpha value is -2.50. The van der Waals surface area contributed by atoms with Crippen molar-refractivity contribution in [3.63, 3.8) is 0 Å². The zero-order chi connectivity index (χ0) is 30.2. The van der Waals surface area contributed by atoms with E-state index in [9.17, 15) is 0 Å². The van der Waals surface area contributed by atoms with Crippen LogP contribution >= 0.6 is 0 Å². The van der Waals surface area contributed by atoms with Crippen LogP contribution in [0.4, 0.5) is 0 Å². The number of unbranched alkanes of at least 4 members (excludes halogenated alkanes) is 11. The molecule has 3 rings (SSSR count). The van der Waals surface area contributed by atoms with Gasteiger partial charge in [0.05, 0.1) is 38.6 Å². The molecule has 3 aromatic rings. The van der Waals surface area contributed by atoms with Gasteiger partial charge in [0.15, 0.2) is 0 Å². The van der Waals surface area contributed by atoms with Gasteiger partial charge in [-0.2, -0.15) is 0 Å². The first-order valence-electron chi connectivity index (χ1n) is 16.9. The highest BCUT2D eigenvalue weighted by Crippen LogP contribution is 2.21. The first-order valence-corrected chi connectivity index (χ1v) is 16.9. The maximum Gasteiger partial charge on any atom is 0.101 e. The van der Waals surface area contributed by atoms with Crippen LogP contribution in [-0.4, -0.2) is 24.9 Å². The molecule has 3 aromatic carbocycles. The van der Waals surface area contributed by atoms with Crippen molar-refractivity contribution >= 4 is 0 Å². The monoisotopic (exact) mass is 587 g/mol. The van der Waals surface area contributed by atoms with Gasteiger partial charge in [0.25, 0.3) is 0 Å². The second-order valence-corrected chi connectivity index (χ2v) is 11.9. The third-order valence-electron chi connectivity index (χ3n) is 8.14. The summed E-state index contributed by atoms with van der Waals surface area (Å²) in [7, 11) is 0. The van der Waals surface area contributed by atoms with Crippen molar-refractivity contribution < 1.29 is 14.2 Å². The van der Waals surface area contributed by atoms with Crippen LogP contribution in [0.2, 0.25) is 0 Å². The molecule has 0 aliphatic heterocycles. The van der Waals surface area contributed by atoms with Crippen molar-refractivity contribution in [3.8, 4) is 0 Å². The molecule has 0 unspecified atom stereocenters. The average Bonchev–Trinajstić information content (AvgIpc) is 3.05. The molecule has 0 bridgehead atoms. The molecule has 2 N–H and O–H groups in total. The highest BCUT2D eigenvalue weighted by molar-refractivity contribution is 5.15. The van der Waals surface area contributed by atoms with E-state index < -0.39 is 0 Å². The maximum atomic E-state index is 6.82. The second kappa shape index (κ2) is 23.0. The van der Waals surface area contributed by atoms with Gasteiger partial charge in [0.2, 0.25) is 0 Å². The molecule has 0 heterocycles. The van der Waals surface area contributed by atoms with Gasteiger partial charge in [-0.25, -0.2) is 0 Å². The van der Waals surface area contributed by atoms with Gasteiger partial charge in [-0.1, -0.05) is 175 Å². The van der Waals surface area contributed by atoms with Gasteiger partial charge in [-0.05, 0) is 23.1 Å². The van der Waals surface area contributed by atoms with Crippen LogP contribution in [0.3, 0.4) is 0 Å². The van der Waals surface area contributed by atoms with E-state index in [1.165, 1.54) is 70.6 Å². The van der Waals surface area contributed by atoms with Crippen molar-refractivity contribution in [2.24, 2.45) is 5.73 Å². The smallest absolute Gasteiger partial charge is 0.101 e. The Balaban J connectivity index is 1.53. The average molecular weight is 588 g/mol. The predicted molar refractivity (Wildman–Crippen MR) is 180 cm³/mol. The van der Waals surface area contributed by atoms with E-state index in [4.69, 9.17) is 19.9 Å². The number of benzene rings is 3. The van der Waals surface area contributed by atoms with Crippen LogP contribution in [0.25, 0.3) is 0 Å². The number of rotatable bonds is 25. The third kappa shape index (κ3) is 15.7. The van der Waals surface area contributed by atoms with Gasteiger partial charge < -0.3 is 19.9 Å². The highest BCUT2D eigenvalue weighted by Gasteiger charge is 2.29. The molecule has 0 aromatic heterocycles. The molecule has 0 aliphatic carbocycles. The molecule has 0 saturated heterocycles. The van der Waals surface area contributed by atoms with Crippen LogP contribution in [0.5, 0.6) is 0 Å². The molecule has 0 fully saturated rings. The molecule has 0 spiro atoms. The standard InChI is InChI=1S/C39H57NO3/c1-2-3-4-5-6-7-8-9-10-11-12-22-29-38(42-31-35-25-18-14-19-26-35)39(43-32-36-27-20-15-21-28-36)37(40)33-41-30-34-23-16-13-17-24-34/h13-21,23-28,37-39H,2-12,22,29-33,40H2,1H3/t37-,38+,39-/m0/s1.